The maximum Gasteiger partial charge on any atom is 0.252 e. The summed E-state index contributed by atoms with van der Waals surface area (Å²) in [5.41, 5.74) is 17.5. The average molecular weight is 250 g/mol. The van der Waals surface area contributed by atoms with Gasteiger partial charge in [0.1, 0.15) is 6.04 Å². The van der Waals surface area contributed by atoms with E-state index in [0.717, 1.165) is 0 Å². The molecule has 1 unspecified atom stereocenters. The molecular formula is C12H18N4O2. The Hall–Kier alpha value is -2.24. The Morgan fingerprint density at radius 3 is 2.00 bits per heavy atom. The van der Waals surface area contributed by atoms with E-state index in [0.29, 0.717) is 16.9 Å². The van der Waals surface area contributed by atoms with Crippen LogP contribution < -0.4 is 22.5 Å². The third-order valence-corrected chi connectivity index (χ3v) is 2.50. The first-order valence-electron chi connectivity index (χ1n) is 5.57. The Bertz CT molecular complexity index is 451. The number of benzene rings is 1. The van der Waals surface area contributed by atoms with Crippen molar-refractivity contribution in [3.05, 3.63) is 23.8 Å². The van der Waals surface area contributed by atoms with E-state index < -0.39 is 17.9 Å². The summed E-state index contributed by atoms with van der Waals surface area (Å²) in [4.78, 5) is 23.1. The molecule has 6 heteroatoms. The molecule has 0 bridgehead atoms. The van der Waals surface area contributed by atoms with Crippen LogP contribution in [0.1, 0.15) is 24.2 Å². The van der Waals surface area contributed by atoms with Gasteiger partial charge < -0.3 is 22.5 Å². The monoisotopic (exact) mass is 250 g/mol. The molecule has 1 aromatic rings. The first-order valence-corrected chi connectivity index (χ1v) is 5.57. The van der Waals surface area contributed by atoms with Gasteiger partial charge in [-0.25, -0.2) is 0 Å². The van der Waals surface area contributed by atoms with Gasteiger partial charge in [-0.3, -0.25) is 9.59 Å². The molecule has 0 saturated heterocycles. The number of hydrogen-bond donors (Lipinski definition) is 4. The Morgan fingerprint density at radius 2 is 1.61 bits per heavy atom. The fourth-order valence-corrected chi connectivity index (χ4v) is 1.60. The van der Waals surface area contributed by atoms with Crippen molar-refractivity contribution in [3.8, 4) is 0 Å². The molecule has 98 valence electrons. The minimum atomic E-state index is -0.722. The molecule has 6 nitrogen and oxygen atoms in total. The molecule has 7 N–H and O–H groups in total. The van der Waals surface area contributed by atoms with Gasteiger partial charge >= 0.3 is 0 Å². The second-order valence-corrected chi connectivity index (χ2v) is 4.49. The molecule has 1 aromatic carbocycles. The van der Waals surface area contributed by atoms with Crippen LogP contribution in [0.3, 0.4) is 0 Å². The Morgan fingerprint density at radius 1 is 1.11 bits per heavy atom. The summed E-state index contributed by atoms with van der Waals surface area (Å²) in [5, 5.41) is 2.56. The zero-order chi connectivity index (χ0) is 13.9. The molecule has 1 rings (SSSR count). The fourth-order valence-electron chi connectivity index (χ4n) is 1.60. The van der Waals surface area contributed by atoms with E-state index in [2.05, 4.69) is 5.32 Å². The van der Waals surface area contributed by atoms with Crippen molar-refractivity contribution in [2.75, 3.05) is 11.5 Å². The van der Waals surface area contributed by atoms with Crippen molar-refractivity contribution in [2.45, 2.75) is 19.9 Å². The van der Waals surface area contributed by atoms with Crippen LogP contribution >= 0.6 is 0 Å². The van der Waals surface area contributed by atoms with E-state index in [1.807, 2.05) is 0 Å². The zero-order valence-corrected chi connectivity index (χ0v) is 10.4. The SMILES string of the molecule is CC(C)C(NC(=O)c1cc(N)cc(N)c1)C(N)=O. The van der Waals surface area contributed by atoms with Gasteiger partial charge in [0.15, 0.2) is 0 Å². The summed E-state index contributed by atoms with van der Waals surface area (Å²) in [6.45, 7) is 3.59. The average Bonchev–Trinajstić information content (AvgIpc) is 2.23. The number of nitrogens with one attached hydrogen (secondary N) is 1. The summed E-state index contributed by atoms with van der Waals surface area (Å²) < 4.78 is 0. The largest absolute Gasteiger partial charge is 0.399 e. The predicted octanol–water partition coefficient (Wildman–Crippen LogP) is 0.0907. The molecule has 18 heavy (non-hydrogen) atoms. The summed E-state index contributed by atoms with van der Waals surface area (Å²) in [6.07, 6.45) is 0. The van der Waals surface area contributed by atoms with Crippen molar-refractivity contribution in [3.63, 3.8) is 0 Å². The van der Waals surface area contributed by atoms with Crippen LogP contribution in [0.25, 0.3) is 0 Å². The van der Waals surface area contributed by atoms with Gasteiger partial charge in [-0.2, -0.15) is 0 Å². The van der Waals surface area contributed by atoms with E-state index in [4.69, 9.17) is 17.2 Å². The number of hydrogen-bond acceptors (Lipinski definition) is 4. The quantitative estimate of drug-likeness (QED) is 0.565. The van der Waals surface area contributed by atoms with Gasteiger partial charge in [0.2, 0.25) is 5.91 Å². The van der Waals surface area contributed by atoms with E-state index in [1.54, 1.807) is 19.9 Å². The van der Waals surface area contributed by atoms with Crippen LogP contribution in [0.15, 0.2) is 18.2 Å². The number of amides is 2. The Kier molecular flexibility index (Phi) is 4.14. The number of anilines is 2. The van der Waals surface area contributed by atoms with Crippen LogP contribution in [0, 0.1) is 5.92 Å². The van der Waals surface area contributed by atoms with Gasteiger partial charge in [-0.15, -0.1) is 0 Å². The van der Waals surface area contributed by atoms with E-state index in [-0.39, 0.29) is 5.92 Å². The van der Waals surface area contributed by atoms with E-state index in [9.17, 15) is 9.59 Å². The standard InChI is InChI=1S/C12H18N4O2/c1-6(2)10(11(15)17)16-12(18)7-3-8(13)5-9(14)4-7/h3-6,10H,13-14H2,1-2H3,(H2,15,17)(H,16,18). The molecule has 0 spiro atoms. The highest BCUT2D eigenvalue weighted by atomic mass is 16.2. The van der Waals surface area contributed by atoms with E-state index in [1.165, 1.54) is 12.1 Å². The second-order valence-electron chi connectivity index (χ2n) is 4.49. The van der Waals surface area contributed by atoms with Crippen molar-refractivity contribution in [1.29, 1.82) is 0 Å². The Balaban J connectivity index is 2.90. The van der Waals surface area contributed by atoms with E-state index >= 15 is 0 Å². The minimum Gasteiger partial charge on any atom is -0.399 e. The van der Waals surface area contributed by atoms with Gasteiger partial charge in [0.25, 0.3) is 5.91 Å². The first-order chi connectivity index (χ1) is 8.31. The third-order valence-electron chi connectivity index (χ3n) is 2.50. The first kappa shape index (κ1) is 13.8. The van der Waals surface area contributed by atoms with Crippen molar-refractivity contribution in [1.82, 2.24) is 5.32 Å². The highest BCUT2D eigenvalue weighted by Gasteiger charge is 2.22. The molecule has 1 atom stereocenters. The predicted molar refractivity (Wildman–Crippen MR) is 70.6 cm³/mol. The molecule has 0 aliphatic heterocycles. The van der Waals surface area contributed by atoms with Crippen molar-refractivity contribution in [2.24, 2.45) is 11.7 Å². The molecule has 0 fully saturated rings. The Labute approximate surface area is 106 Å². The fraction of sp³-hybridized carbons (Fsp3) is 0.333. The number of primary amides is 1. The number of rotatable bonds is 4. The second kappa shape index (κ2) is 5.39. The molecule has 0 heterocycles. The van der Waals surface area contributed by atoms with Crippen molar-refractivity contribution < 1.29 is 9.59 Å². The van der Waals surface area contributed by atoms with Crippen LogP contribution in [0.5, 0.6) is 0 Å². The molecular weight excluding hydrogens is 232 g/mol. The highest BCUT2D eigenvalue weighted by molar-refractivity contribution is 5.98. The lowest BCUT2D eigenvalue weighted by atomic mass is 10.0. The van der Waals surface area contributed by atoms with Gasteiger partial charge in [-0.05, 0) is 24.1 Å². The normalized spacial score (nSPS) is 12.2. The smallest absolute Gasteiger partial charge is 0.252 e. The number of carbonyl (C=O) groups is 2. The summed E-state index contributed by atoms with van der Waals surface area (Å²) in [5.74, 6) is -1.09. The maximum atomic E-state index is 11.9. The minimum absolute atomic E-state index is 0.0927. The van der Waals surface area contributed by atoms with Crippen LogP contribution in [-0.4, -0.2) is 17.9 Å². The van der Waals surface area contributed by atoms with Gasteiger partial charge in [0, 0.05) is 16.9 Å². The zero-order valence-electron chi connectivity index (χ0n) is 10.4. The third kappa shape index (κ3) is 3.38. The maximum absolute atomic E-state index is 11.9. The lowest BCUT2D eigenvalue weighted by Crippen LogP contribution is -2.47. The van der Waals surface area contributed by atoms with Crippen LogP contribution in [0.2, 0.25) is 0 Å². The lowest BCUT2D eigenvalue weighted by molar-refractivity contribution is -0.120. The van der Waals surface area contributed by atoms with Crippen LogP contribution in [0.4, 0.5) is 11.4 Å². The van der Waals surface area contributed by atoms with Crippen LogP contribution in [-0.2, 0) is 4.79 Å². The summed E-state index contributed by atoms with van der Waals surface area (Å²) in [6, 6.07) is 3.80. The number of nitrogen functional groups attached to an aromatic ring is 2. The highest BCUT2D eigenvalue weighted by Crippen LogP contribution is 2.14. The van der Waals surface area contributed by atoms with Gasteiger partial charge in [-0.1, -0.05) is 13.8 Å². The number of carbonyl (C=O) groups excluding carboxylic acids is 2. The molecule has 0 aliphatic rings. The molecule has 0 radical (unpaired) electrons. The summed E-state index contributed by atoms with van der Waals surface area (Å²) >= 11 is 0. The molecule has 0 saturated carbocycles. The number of nitrogens with two attached hydrogens (primary N) is 3. The lowest BCUT2D eigenvalue weighted by Gasteiger charge is -2.19. The molecule has 2 amide bonds. The summed E-state index contributed by atoms with van der Waals surface area (Å²) in [7, 11) is 0. The molecule has 0 aliphatic carbocycles. The topological polar surface area (TPSA) is 124 Å². The molecule has 0 aromatic heterocycles. The van der Waals surface area contributed by atoms with Crippen molar-refractivity contribution >= 4 is 23.2 Å². The van der Waals surface area contributed by atoms with Gasteiger partial charge in [0.05, 0.1) is 0 Å².